The molecule has 1 heterocycles. The number of imide groups is 1. The second-order valence-corrected chi connectivity index (χ2v) is 5.13. The Kier molecular flexibility index (Phi) is 2.84. The molecular formula is C12H12BrNO2. The third-order valence-electron chi connectivity index (χ3n) is 3.09. The third kappa shape index (κ3) is 1.89. The van der Waals surface area contributed by atoms with Gasteiger partial charge in [0.1, 0.15) is 0 Å². The molecule has 1 atom stereocenters. The van der Waals surface area contributed by atoms with Crippen molar-refractivity contribution in [2.45, 2.75) is 25.2 Å². The molecule has 1 N–H and O–H groups in total. The molecule has 1 saturated heterocycles. The summed E-state index contributed by atoms with van der Waals surface area (Å²) in [6.07, 6.45) is 0.970. The molecular weight excluding hydrogens is 270 g/mol. The molecule has 4 heteroatoms. The number of halogens is 1. The van der Waals surface area contributed by atoms with E-state index in [0.717, 1.165) is 10.0 Å². The van der Waals surface area contributed by atoms with Crippen LogP contribution in [-0.2, 0) is 15.0 Å². The van der Waals surface area contributed by atoms with E-state index >= 15 is 0 Å². The fraction of sp³-hybridized carbons (Fsp3) is 0.333. The molecule has 0 radical (unpaired) electrons. The Morgan fingerprint density at radius 2 is 1.88 bits per heavy atom. The second-order valence-electron chi connectivity index (χ2n) is 4.22. The van der Waals surface area contributed by atoms with Crippen LogP contribution in [0.1, 0.15) is 25.3 Å². The van der Waals surface area contributed by atoms with Crippen molar-refractivity contribution in [2.75, 3.05) is 0 Å². The third-order valence-corrected chi connectivity index (χ3v) is 3.62. The number of hydrogen-bond acceptors (Lipinski definition) is 2. The Morgan fingerprint density at radius 1 is 1.25 bits per heavy atom. The van der Waals surface area contributed by atoms with E-state index < -0.39 is 5.41 Å². The minimum Gasteiger partial charge on any atom is -0.296 e. The number of benzene rings is 1. The summed E-state index contributed by atoms with van der Waals surface area (Å²) in [6.45, 7) is 1.87. The second kappa shape index (κ2) is 4.01. The minimum atomic E-state index is -0.589. The monoisotopic (exact) mass is 281 g/mol. The topological polar surface area (TPSA) is 46.2 Å². The zero-order valence-electron chi connectivity index (χ0n) is 8.92. The van der Waals surface area contributed by atoms with Crippen LogP contribution < -0.4 is 5.32 Å². The van der Waals surface area contributed by atoms with Gasteiger partial charge in [-0.1, -0.05) is 28.1 Å². The fourth-order valence-corrected chi connectivity index (χ4v) is 2.16. The van der Waals surface area contributed by atoms with Crippen LogP contribution in [0.5, 0.6) is 0 Å². The number of hydrogen-bond donors (Lipinski definition) is 1. The highest BCUT2D eigenvalue weighted by Gasteiger charge is 2.39. The van der Waals surface area contributed by atoms with Gasteiger partial charge in [-0.2, -0.15) is 0 Å². The van der Waals surface area contributed by atoms with Gasteiger partial charge in [-0.25, -0.2) is 0 Å². The molecule has 1 aromatic carbocycles. The number of nitrogens with one attached hydrogen (secondary N) is 1. The average molecular weight is 282 g/mol. The summed E-state index contributed by atoms with van der Waals surface area (Å²) in [5, 5.41) is 2.39. The maximum Gasteiger partial charge on any atom is 0.236 e. The Labute approximate surface area is 102 Å². The van der Waals surface area contributed by atoms with E-state index in [1.165, 1.54) is 0 Å². The first-order valence-corrected chi connectivity index (χ1v) is 5.92. The van der Waals surface area contributed by atoms with E-state index in [9.17, 15) is 9.59 Å². The zero-order chi connectivity index (χ0) is 11.8. The Hall–Kier alpha value is -1.16. The van der Waals surface area contributed by atoms with Crippen molar-refractivity contribution in [1.82, 2.24) is 5.32 Å². The molecule has 1 aliphatic rings. The fourth-order valence-electron chi connectivity index (χ4n) is 1.90. The summed E-state index contributed by atoms with van der Waals surface area (Å²) in [5.41, 5.74) is 0.356. The van der Waals surface area contributed by atoms with Gasteiger partial charge in [0.05, 0.1) is 5.41 Å². The largest absolute Gasteiger partial charge is 0.296 e. The molecule has 1 fully saturated rings. The van der Waals surface area contributed by atoms with E-state index in [1.54, 1.807) is 0 Å². The van der Waals surface area contributed by atoms with Crippen LogP contribution in [0.3, 0.4) is 0 Å². The highest BCUT2D eigenvalue weighted by atomic mass is 79.9. The average Bonchev–Trinajstić information content (AvgIpc) is 2.25. The molecule has 0 aliphatic carbocycles. The van der Waals surface area contributed by atoms with Crippen molar-refractivity contribution < 1.29 is 9.59 Å². The summed E-state index contributed by atoms with van der Waals surface area (Å²) in [7, 11) is 0. The molecule has 1 unspecified atom stereocenters. The van der Waals surface area contributed by atoms with Crippen molar-refractivity contribution in [1.29, 1.82) is 0 Å². The van der Waals surface area contributed by atoms with Crippen LogP contribution in [-0.4, -0.2) is 11.8 Å². The minimum absolute atomic E-state index is 0.181. The molecule has 0 saturated carbocycles. The van der Waals surface area contributed by atoms with Crippen molar-refractivity contribution in [3.63, 3.8) is 0 Å². The van der Waals surface area contributed by atoms with Gasteiger partial charge in [-0.3, -0.25) is 14.9 Å². The predicted molar refractivity (Wildman–Crippen MR) is 63.9 cm³/mol. The lowest BCUT2D eigenvalue weighted by molar-refractivity contribution is -0.137. The van der Waals surface area contributed by atoms with Gasteiger partial charge >= 0.3 is 0 Å². The molecule has 16 heavy (non-hydrogen) atoms. The lowest BCUT2D eigenvalue weighted by atomic mass is 9.76. The van der Waals surface area contributed by atoms with Crippen LogP contribution in [0.15, 0.2) is 28.7 Å². The highest BCUT2D eigenvalue weighted by Crippen LogP contribution is 2.32. The van der Waals surface area contributed by atoms with E-state index in [2.05, 4.69) is 21.2 Å². The SMILES string of the molecule is CC1(c2ccc(Br)cc2)CCC(=O)NC1=O. The molecule has 0 bridgehead atoms. The predicted octanol–water partition coefficient (Wildman–Crippen LogP) is 2.14. The van der Waals surface area contributed by atoms with Gasteiger partial charge in [0.25, 0.3) is 0 Å². The standard InChI is InChI=1S/C12H12BrNO2/c1-12(7-6-10(15)14-11(12)16)8-2-4-9(13)5-3-8/h2-5H,6-7H2,1H3,(H,14,15,16). The summed E-state index contributed by atoms with van der Waals surface area (Å²) in [6, 6.07) is 7.65. The van der Waals surface area contributed by atoms with Crippen LogP contribution in [0.4, 0.5) is 0 Å². The van der Waals surface area contributed by atoms with Crippen LogP contribution in [0.2, 0.25) is 0 Å². The molecule has 2 rings (SSSR count). The van der Waals surface area contributed by atoms with Crippen LogP contribution in [0.25, 0.3) is 0 Å². The van der Waals surface area contributed by atoms with Gasteiger partial charge < -0.3 is 0 Å². The van der Waals surface area contributed by atoms with Crippen molar-refractivity contribution in [2.24, 2.45) is 0 Å². The lowest BCUT2D eigenvalue weighted by Crippen LogP contribution is -2.49. The Balaban J connectivity index is 2.34. The van der Waals surface area contributed by atoms with Gasteiger partial charge in [-0.15, -0.1) is 0 Å². The van der Waals surface area contributed by atoms with Gasteiger partial charge in [0.15, 0.2) is 0 Å². The summed E-state index contributed by atoms with van der Waals surface area (Å²) < 4.78 is 0.979. The Morgan fingerprint density at radius 3 is 2.44 bits per heavy atom. The van der Waals surface area contributed by atoms with E-state index in [0.29, 0.717) is 12.8 Å². The first-order chi connectivity index (χ1) is 7.52. The molecule has 1 aliphatic heterocycles. The van der Waals surface area contributed by atoms with Crippen molar-refractivity contribution >= 4 is 27.7 Å². The molecule has 0 aromatic heterocycles. The number of rotatable bonds is 1. The number of carbonyl (C=O) groups is 2. The summed E-state index contributed by atoms with van der Waals surface area (Å²) in [4.78, 5) is 23.0. The first-order valence-electron chi connectivity index (χ1n) is 5.13. The summed E-state index contributed by atoms with van der Waals surface area (Å²) >= 11 is 3.36. The maximum atomic E-state index is 11.9. The normalized spacial score (nSPS) is 25.4. The van der Waals surface area contributed by atoms with Crippen molar-refractivity contribution in [3.8, 4) is 0 Å². The smallest absolute Gasteiger partial charge is 0.236 e. The maximum absolute atomic E-state index is 11.9. The Bertz CT molecular complexity index is 441. The van der Waals surface area contributed by atoms with Crippen LogP contribution in [0, 0.1) is 0 Å². The molecule has 0 spiro atoms. The van der Waals surface area contributed by atoms with Crippen LogP contribution >= 0.6 is 15.9 Å². The first kappa shape index (κ1) is 11.3. The molecule has 1 aromatic rings. The number of amides is 2. The quantitative estimate of drug-likeness (QED) is 0.802. The molecule has 84 valence electrons. The van der Waals surface area contributed by atoms with Gasteiger partial charge in [0, 0.05) is 10.9 Å². The number of carbonyl (C=O) groups excluding carboxylic acids is 2. The van der Waals surface area contributed by atoms with Gasteiger partial charge in [-0.05, 0) is 31.0 Å². The molecule has 3 nitrogen and oxygen atoms in total. The number of piperidine rings is 1. The van der Waals surface area contributed by atoms with E-state index in [-0.39, 0.29) is 11.8 Å². The van der Waals surface area contributed by atoms with Crippen molar-refractivity contribution in [3.05, 3.63) is 34.3 Å². The van der Waals surface area contributed by atoms with E-state index in [1.807, 2.05) is 31.2 Å². The molecule has 2 amide bonds. The summed E-state index contributed by atoms with van der Waals surface area (Å²) in [5.74, 6) is -0.384. The highest BCUT2D eigenvalue weighted by molar-refractivity contribution is 9.10. The van der Waals surface area contributed by atoms with Gasteiger partial charge in [0.2, 0.25) is 11.8 Å². The lowest BCUT2D eigenvalue weighted by Gasteiger charge is -2.32. The zero-order valence-corrected chi connectivity index (χ0v) is 10.5. The van der Waals surface area contributed by atoms with E-state index in [4.69, 9.17) is 0 Å².